The van der Waals surface area contributed by atoms with Gasteiger partial charge in [0.1, 0.15) is 5.56 Å². The molecule has 0 radical (unpaired) electrons. The number of H-pyrrole nitrogens is 1. The Labute approximate surface area is 102 Å². The molecule has 0 bridgehead atoms. The maximum Gasteiger partial charge on any atom is 0.259 e. The molecule has 1 aliphatic rings. The van der Waals surface area contributed by atoms with Crippen LogP contribution in [0.3, 0.4) is 0 Å². The fourth-order valence-corrected chi connectivity index (χ4v) is 2.67. The SMILES string of the molecule is O=C(c1c[nH]ccc1=O)N1CCCC1CBr. The third-order valence-corrected chi connectivity index (χ3v) is 3.62. The van der Waals surface area contributed by atoms with Gasteiger partial charge in [0.05, 0.1) is 0 Å². The summed E-state index contributed by atoms with van der Waals surface area (Å²) < 4.78 is 0. The van der Waals surface area contributed by atoms with Crippen LogP contribution in [0.2, 0.25) is 0 Å². The number of hydrogen-bond donors (Lipinski definition) is 1. The van der Waals surface area contributed by atoms with Crippen molar-refractivity contribution in [3.05, 3.63) is 34.2 Å². The van der Waals surface area contributed by atoms with E-state index in [2.05, 4.69) is 20.9 Å². The average molecular weight is 285 g/mol. The number of carbonyl (C=O) groups is 1. The first-order chi connectivity index (χ1) is 7.74. The smallest absolute Gasteiger partial charge is 0.259 e. The molecule has 1 aliphatic heterocycles. The molecule has 0 saturated carbocycles. The second-order valence-electron chi connectivity index (χ2n) is 3.87. The molecular weight excluding hydrogens is 272 g/mol. The minimum Gasteiger partial charge on any atom is -0.367 e. The van der Waals surface area contributed by atoms with E-state index in [9.17, 15) is 9.59 Å². The summed E-state index contributed by atoms with van der Waals surface area (Å²) in [6.07, 6.45) is 5.02. The first-order valence-electron chi connectivity index (χ1n) is 5.28. The monoisotopic (exact) mass is 284 g/mol. The van der Waals surface area contributed by atoms with Crippen LogP contribution in [-0.2, 0) is 0 Å². The highest BCUT2D eigenvalue weighted by Gasteiger charge is 2.29. The second-order valence-corrected chi connectivity index (χ2v) is 4.52. The molecule has 2 heterocycles. The first kappa shape index (κ1) is 11.4. The van der Waals surface area contributed by atoms with Crippen molar-refractivity contribution in [2.75, 3.05) is 11.9 Å². The number of alkyl halides is 1. The summed E-state index contributed by atoms with van der Waals surface area (Å²) >= 11 is 3.40. The van der Waals surface area contributed by atoms with E-state index in [-0.39, 0.29) is 22.9 Å². The zero-order valence-corrected chi connectivity index (χ0v) is 10.4. The number of halogens is 1. The van der Waals surface area contributed by atoms with Crippen molar-refractivity contribution >= 4 is 21.8 Å². The molecule has 16 heavy (non-hydrogen) atoms. The van der Waals surface area contributed by atoms with Gasteiger partial charge in [-0.2, -0.15) is 0 Å². The van der Waals surface area contributed by atoms with E-state index in [1.54, 1.807) is 4.90 Å². The first-order valence-corrected chi connectivity index (χ1v) is 6.40. The van der Waals surface area contributed by atoms with Crippen LogP contribution >= 0.6 is 15.9 Å². The number of hydrogen-bond acceptors (Lipinski definition) is 2. The largest absolute Gasteiger partial charge is 0.367 e. The molecule has 1 atom stereocenters. The number of nitrogens with zero attached hydrogens (tertiary/aromatic N) is 1. The van der Waals surface area contributed by atoms with E-state index in [1.807, 2.05) is 0 Å². The highest BCUT2D eigenvalue weighted by atomic mass is 79.9. The van der Waals surface area contributed by atoms with Crippen LogP contribution in [0.4, 0.5) is 0 Å². The van der Waals surface area contributed by atoms with Crippen molar-refractivity contribution in [3.8, 4) is 0 Å². The van der Waals surface area contributed by atoms with Gasteiger partial charge in [-0.1, -0.05) is 15.9 Å². The Bertz CT molecular complexity index is 444. The quantitative estimate of drug-likeness (QED) is 0.834. The molecule has 1 unspecified atom stereocenters. The molecule has 1 saturated heterocycles. The molecule has 0 aliphatic carbocycles. The van der Waals surface area contributed by atoms with Gasteiger partial charge in [-0.3, -0.25) is 9.59 Å². The molecular formula is C11H13BrN2O2. The number of nitrogens with one attached hydrogen (secondary N) is 1. The Morgan fingerprint density at radius 1 is 1.62 bits per heavy atom. The lowest BCUT2D eigenvalue weighted by Gasteiger charge is -2.22. The lowest BCUT2D eigenvalue weighted by atomic mass is 10.2. The van der Waals surface area contributed by atoms with Gasteiger partial charge in [-0.05, 0) is 12.8 Å². The van der Waals surface area contributed by atoms with Crippen molar-refractivity contribution < 1.29 is 4.79 Å². The predicted molar refractivity (Wildman–Crippen MR) is 64.9 cm³/mol. The van der Waals surface area contributed by atoms with Crippen LogP contribution < -0.4 is 5.43 Å². The third kappa shape index (κ3) is 2.04. The highest BCUT2D eigenvalue weighted by Crippen LogP contribution is 2.20. The zero-order valence-electron chi connectivity index (χ0n) is 8.78. The molecule has 1 amide bonds. The normalized spacial score (nSPS) is 20.1. The molecule has 1 aromatic rings. The van der Waals surface area contributed by atoms with Crippen molar-refractivity contribution in [1.29, 1.82) is 0 Å². The summed E-state index contributed by atoms with van der Waals surface area (Å²) in [5, 5.41) is 0.767. The minimum atomic E-state index is -0.219. The van der Waals surface area contributed by atoms with Gasteiger partial charge in [-0.15, -0.1) is 0 Å². The molecule has 2 rings (SSSR count). The Kier molecular flexibility index (Phi) is 3.43. The number of amides is 1. The van der Waals surface area contributed by atoms with Crippen LogP contribution in [-0.4, -0.2) is 33.7 Å². The van der Waals surface area contributed by atoms with Crippen LogP contribution in [0, 0.1) is 0 Å². The summed E-state index contributed by atoms with van der Waals surface area (Å²) in [6.45, 7) is 0.740. The number of aromatic nitrogens is 1. The fourth-order valence-electron chi connectivity index (χ4n) is 2.00. The van der Waals surface area contributed by atoms with Crippen LogP contribution in [0.5, 0.6) is 0 Å². The lowest BCUT2D eigenvalue weighted by Crippen LogP contribution is -2.38. The van der Waals surface area contributed by atoms with Gasteiger partial charge in [0.2, 0.25) is 0 Å². The van der Waals surface area contributed by atoms with Crippen molar-refractivity contribution in [2.24, 2.45) is 0 Å². The standard InChI is InChI=1S/C11H13BrN2O2/c12-6-8-2-1-5-14(8)11(16)9-7-13-4-3-10(9)15/h3-4,7-8H,1-2,5-6H2,(H,13,15). The summed E-state index contributed by atoms with van der Waals surface area (Å²) in [5.41, 5.74) is 0.0133. The highest BCUT2D eigenvalue weighted by molar-refractivity contribution is 9.09. The molecule has 1 fully saturated rings. The van der Waals surface area contributed by atoms with Crippen LogP contribution in [0.25, 0.3) is 0 Å². The maximum atomic E-state index is 12.1. The summed E-state index contributed by atoms with van der Waals surface area (Å²) in [7, 11) is 0. The molecule has 0 aromatic carbocycles. The Morgan fingerprint density at radius 3 is 3.12 bits per heavy atom. The van der Waals surface area contributed by atoms with Gasteiger partial charge in [0.15, 0.2) is 5.43 Å². The van der Waals surface area contributed by atoms with Crippen molar-refractivity contribution in [2.45, 2.75) is 18.9 Å². The van der Waals surface area contributed by atoms with Crippen molar-refractivity contribution in [1.82, 2.24) is 9.88 Å². The number of carbonyl (C=O) groups excluding carboxylic acids is 1. The predicted octanol–water partition coefficient (Wildman–Crippen LogP) is 1.37. The lowest BCUT2D eigenvalue weighted by molar-refractivity contribution is 0.0749. The Hall–Kier alpha value is -1.10. The molecule has 1 N–H and O–H groups in total. The summed E-state index contributed by atoms with van der Waals surface area (Å²) in [5.74, 6) is -0.163. The van der Waals surface area contributed by atoms with Crippen LogP contribution in [0.1, 0.15) is 23.2 Å². The maximum absolute atomic E-state index is 12.1. The molecule has 1 aromatic heterocycles. The van der Waals surface area contributed by atoms with Crippen molar-refractivity contribution in [3.63, 3.8) is 0 Å². The molecule has 86 valence electrons. The van der Waals surface area contributed by atoms with Gasteiger partial charge >= 0.3 is 0 Å². The number of rotatable bonds is 2. The topological polar surface area (TPSA) is 53.2 Å². The van der Waals surface area contributed by atoms with E-state index in [1.165, 1.54) is 18.5 Å². The molecule has 5 heteroatoms. The van der Waals surface area contributed by atoms with Crippen LogP contribution in [0.15, 0.2) is 23.3 Å². The van der Waals surface area contributed by atoms with E-state index in [4.69, 9.17) is 0 Å². The Balaban J connectivity index is 2.26. The van der Waals surface area contributed by atoms with E-state index < -0.39 is 0 Å². The zero-order chi connectivity index (χ0) is 11.5. The van der Waals surface area contributed by atoms with Gasteiger partial charge in [0.25, 0.3) is 5.91 Å². The molecule has 4 nitrogen and oxygen atoms in total. The third-order valence-electron chi connectivity index (χ3n) is 2.87. The van der Waals surface area contributed by atoms with E-state index >= 15 is 0 Å². The number of pyridine rings is 1. The summed E-state index contributed by atoms with van der Waals surface area (Å²) in [4.78, 5) is 28.2. The van der Waals surface area contributed by atoms with E-state index in [0.717, 1.165) is 24.7 Å². The van der Waals surface area contributed by atoms with Gasteiger partial charge in [0, 0.05) is 36.4 Å². The van der Waals surface area contributed by atoms with E-state index in [0.29, 0.717) is 0 Å². The molecule has 0 spiro atoms. The second kappa shape index (κ2) is 4.82. The number of aromatic amines is 1. The summed E-state index contributed by atoms with van der Waals surface area (Å²) in [6, 6.07) is 1.60. The van der Waals surface area contributed by atoms with Gasteiger partial charge in [-0.25, -0.2) is 0 Å². The van der Waals surface area contributed by atoms with Gasteiger partial charge < -0.3 is 9.88 Å². The Morgan fingerprint density at radius 2 is 2.44 bits per heavy atom. The minimum absolute atomic E-state index is 0.163. The number of likely N-dealkylation sites (tertiary alicyclic amines) is 1. The fraction of sp³-hybridized carbons (Fsp3) is 0.455. The average Bonchev–Trinajstić information content (AvgIpc) is 2.77.